The van der Waals surface area contributed by atoms with Crippen molar-refractivity contribution in [2.24, 2.45) is 5.41 Å². The summed E-state index contributed by atoms with van der Waals surface area (Å²) < 4.78 is 25.9. The molecule has 1 atom stereocenters. The first kappa shape index (κ1) is 14.4. The molecule has 1 saturated heterocycles. The highest BCUT2D eigenvalue weighted by molar-refractivity contribution is 7.89. The van der Waals surface area contributed by atoms with Gasteiger partial charge in [0.2, 0.25) is 15.9 Å². The van der Waals surface area contributed by atoms with Crippen LogP contribution in [-0.2, 0) is 14.8 Å². The molecule has 1 N–H and O–H groups in total. The van der Waals surface area contributed by atoms with Crippen LogP contribution in [0.1, 0.15) is 34.1 Å². The van der Waals surface area contributed by atoms with Crippen LogP contribution in [0.4, 0.5) is 0 Å². The lowest BCUT2D eigenvalue weighted by molar-refractivity contribution is -0.126. The van der Waals surface area contributed by atoms with Gasteiger partial charge < -0.3 is 5.32 Å². The van der Waals surface area contributed by atoms with Gasteiger partial charge in [-0.2, -0.15) is 4.31 Å². The SMILES string of the molecule is CCC1C(=O)NCCN1S(=O)(=O)CC(C)(C)C. The van der Waals surface area contributed by atoms with E-state index in [1.165, 1.54) is 4.31 Å². The fourth-order valence-corrected chi connectivity index (χ4v) is 4.31. The Morgan fingerprint density at radius 2 is 2.00 bits per heavy atom. The third-order valence-corrected chi connectivity index (χ3v) is 5.02. The predicted molar refractivity (Wildman–Crippen MR) is 67.0 cm³/mol. The Morgan fingerprint density at radius 3 is 2.47 bits per heavy atom. The highest BCUT2D eigenvalue weighted by Gasteiger charge is 2.37. The number of nitrogens with zero attached hydrogens (tertiary/aromatic N) is 1. The van der Waals surface area contributed by atoms with E-state index in [1.54, 1.807) is 0 Å². The number of hydrogen-bond donors (Lipinski definition) is 1. The molecule has 1 fully saturated rings. The van der Waals surface area contributed by atoms with Gasteiger partial charge in [0.05, 0.1) is 5.75 Å². The van der Waals surface area contributed by atoms with Crippen molar-refractivity contribution in [3.63, 3.8) is 0 Å². The molecule has 0 aromatic carbocycles. The maximum Gasteiger partial charge on any atom is 0.238 e. The van der Waals surface area contributed by atoms with Gasteiger partial charge in [0.15, 0.2) is 0 Å². The summed E-state index contributed by atoms with van der Waals surface area (Å²) in [6.45, 7) is 8.26. The zero-order chi connectivity index (χ0) is 13.3. The van der Waals surface area contributed by atoms with Gasteiger partial charge in [0.1, 0.15) is 6.04 Å². The highest BCUT2D eigenvalue weighted by atomic mass is 32.2. The van der Waals surface area contributed by atoms with Crippen LogP contribution in [0.25, 0.3) is 0 Å². The molecule has 0 bridgehead atoms. The minimum Gasteiger partial charge on any atom is -0.353 e. The molecule has 1 aliphatic heterocycles. The molecule has 0 aliphatic carbocycles. The third kappa shape index (κ3) is 3.67. The predicted octanol–water partition coefficient (Wildman–Crippen LogP) is 0.573. The Kier molecular flexibility index (Phi) is 4.19. The number of sulfonamides is 1. The van der Waals surface area contributed by atoms with Gasteiger partial charge in [-0.15, -0.1) is 0 Å². The Balaban J connectivity index is 2.93. The number of rotatable bonds is 3. The highest BCUT2D eigenvalue weighted by Crippen LogP contribution is 2.22. The average Bonchev–Trinajstić information content (AvgIpc) is 2.13. The minimum absolute atomic E-state index is 0.0732. The molecular formula is C11H22N2O3S. The first-order chi connectivity index (χ1) is 7.67. The van der Waals surface area contributed by atoms with E-state index in [0.717, 1.165) is 0 Å². The van der Waals surface area contributed by atoms with E-state index in [1.807, 2.05) is 27.7 Å². The molecule has 1 amide bonds. The van der Waals surface area contributed by atoms with Crippen LogP contribution in [0.15, 0.2) is 0 Å². The van der Waals surface area contributed by atoms with Crippen LogP contribution in [-0.4, -0.2) is 43.5 Å². The summed E-state index contributed by atoms with van der Waals surface area (Å²) in [6, 6.07) is -0.545. The maximum atomic E-state index is 12.3. The van der Waals surface area contributed by atoms with Crippen molar-refractivity contribution in [3.05, 3.63) is 0 Å². The molecule has 0 spiro atoms. The van der Waals surface area contributed by atoms with Crippen LogP contribution >= 0.6 is 0 Å². The molecule has 0 aromatic heterocycles. The Morgan fingerprint density at radius 1 is 1.41 bits per heavy atom. The fourth-order valence-electron chi connectivity index (χ4n) is 2.05. The minimum atomic E-state index is -3.36. The van der Waals surface area contributed by atoms with E-state index < -0.39 is 16.1 Å². The van der Waals surface area contributed by atoms with Gasteiger partial charge in [-0.25, -0.2) is 8.42 Å². The largest absolute Gasteiger partial charge is 0.353 e. The number of nitrogens with one attached hydrogen (secondary N) is 1. The lowest BCUT2D eigenvalue weighted by Crippen LogP contribution is -2.57. The topological polar surface area (TPSA) is 66.5 Å². The molecule has 0 saturated carbocycles. The molecule has 0 aromatic rings. The van der Waals surface area contributed by atoms with Crippen molar-refractivity contribution in [2.75, 3.05) is 18.8 Å². The van der Waals surface area contributed by atoms with E-state index in [-0.39, 0.29) is 17.1 Å². The number of amides is 1. The number of carbonyl (C=O) groups excluding carboxylic acids is 1. The Hall–Kier alpha value is -0.620. The summed E-state index contributed by atoms with van der Waals surface area (Å²) in [6.07, 6.45) is 0.509. The van der Waals surface area contributed by atoms with Crippen LogP contribution in [0, 0.1) is 5.41 Å². The van der Waals surface area contributed by atoms with E-state index in [2.05, 4.69) is 5.32 Å². The first-order valence-corrected chi connectivity index (χ1v) is 7.55. The summed E-state index contributed by atoms with van der Waals surface area (Å²) in [5, 5.41) is 2.70. The van der Waals surface area contributed by atoms with Crippen LogP contribution in [0.3, 0.4) is 0 Å². The summed E-state index contributed by atoms with van der Waals surface area (Å²) in [5.74, 6) is -0.111. The first-order valence-electron chi connectivity index (χ1n) is 5.94. The molecule has 100 valence electrons. The summed E-state index contributed by atoms with van der Waals surface area (Å²) in [4.78, 5) is 11.6. The van der Waals surface area contributed by atoms with E-state index in [4.69, 9.17) is 0 Å². The van der Waals surface area contributed by atoms with Gasteiger partial charge >= 0.3 is 0 Å². The maximum absolute atomic E-state index is 12.3. The fraction of sp³-hybridized carbons (Fsp3) is 0.909. The molecule has 5 nitrogen and oxygen atoms in total. The van der Waals surface area contributed by atoms with Crippen molar-refractivity contribution >= 4 is 15.9 Å². The second-order valence-electron chi connectivity index (χ2n) is 5.64. The van der Waals surface area contributed by atoms with Gasteiger partial charge in [0, 0.05) is 13.1 Å². The number of carbonyl (C=O) groups is 1. The molecule has 1 unspecified atom stereocenters. The quantitative estimate of drug-likeness (QED) is 0.808. The van der Waals surface area contributed by atoms with Crippen molar-refractivity contribution < 1.29 is 13.2 Å². The molecule has 1 heterocycles. The zero-order valence-corrected chi connectivity index (χ0v) is 11.8. The monoisotopic (exact) mass is 262 g/mol. The molecule has 1 aliphatic rings. The zero-order valence-electron chi connectivity index (χ0n) is 11.0. The number of piperazine rings is 1. The van der Waals surface area contributed by atoms with Crippen molar-refractivity contribution in [1.82, 2.24) is 9.62 Å². The van der Waals surface area contributed by atoms with Crippen molar-refractivity contribution in [3.8, 4) is 0 Å². The average molecular weight is 262 g/mol. The van der Waals surface area contributed by atoms with Crippen LogP contribution < -0.4 is 5.32 Å². The van der Waals surface area contributed by atoms with E-state index in [9.17, 15) is 13.2 Å². The molecule has 17 heavy (non-hydrogen) atoms. The molecule has 6 heteroatoms. The van der Waals surface area contributed by atoms with Gasteiger partial charge in [-0.3, -0.25) is 4.79 Å². The Labute approximate surface area is 104 Å². The van der Waals surface area contributed by atoms with Crippen molar-refractivity contribution in [2.45, 2.75) is 40.2 Å². The van der Waals surface area contributed by atoms with E-state index in [0.29, 0.717) is 19.5 Å². The van der Waals surface area contributed by atoms with Crippen LogP contribution in [0.2, 0.25) is 0 Å². The van der Waals surface area contributed by atoms with Crippen molar-refractivity contribution in [1.29, 1.82) is 0 Å². The number of hydrogen-bond acceptors (Lipinski definition) is 3. The van der Waals surface area contributed by atoms with E-state index >= 15 is 0 Å². The normalized spacial score (nSPS) is 23.5. The molecule has 0 radical (unpaired) electrons. The summed E-state index contributed by atoms with van der Waals surface area (Å²) in [5.41, 5.74) is -0.301. The summed E-state index contributed by atoms with van der Waals surface area (Å²) >= 11 is 0. The van der Waals surface area contributed by atoms with Gasteiger partial charge in [-0.1, -0.05) is 27.7 Å². The summed E-state index contributed by atoms with van der Waals surface area (Å²) in [7, 11) is -3.36. The lowest BCUT2D eigenvalue weighted by atomic mass is 10.0. The van der Waals surface area contributed by atoms with Crippen LogP contribution in [0.5, 0.6) is 0 Å². The second-order valence-corrected chi connectivity index (χ2v) is 7.56. The second kappa shape index (κ2) is 4.94. The Bertz CT molecular complexity index is 384. The van der Waals surface area contributed by atoms with Gasteiger partial charge in [-0.05, 0) is 11.8 Å². The standard InChI is InChI=1S/C11H22N2O3S/c1-5-9-10(14)12-6-7-13(9)17(15,16)8-11(2,3)4/h9H,5-8H2,1-4H3,(H,12,14). The smallest absolute Gasteiger partial charge is 0.238 e. The lowest BCUT2D eigenvalue weighted by Gasteiger charge is -2.35. The van der Waals surface area contributed by atoms with Gasteiger partial charge in [0.25, 0.3) is 0 Å². The molecule has 1 rings (SSSR count). The molecular weight excluding hydrogens is 240 g/mol. The third-order valence-electron chi connectivity index (χ3n) is 2.64.